The summed E-state index contributed by atoms with van der Waals surface area (Å²) in [6, 6.07) is 11.9. The normalized spacial score (nSPS) is 12.0. The number of aryl methyl sites for hydroxylation is 1. The molecular weight excluding hydrogens is 481 g/mol. The summed E-state index contributed by atoms with van der Waals surface area (Å²) in [5, 5.41) is 15.8. The van der Waals surface area contributed by atoms with Gasteiger partial charge in [0.25, 0.3) is 5.91 Å². The minimum Gasteiger partial charge on any atom is -0.342 e. The van der Waals surface area contributed by atoms with E-state index in [1.807, 2.05) is 46.0 Å². The van der Waals surface area contributed by atoms with Crippen molar-refractivity contribution in [2.45, 2.75) is 32.0 Å². The van der Waals surface area contributed by atoms with Crippen molar-refractivity contribution in [1.29, 1.82) is 0 Å². The van der Waals surface area contributed by atoms with Crippen LogP contribution in [0, 0.1) is 12.8 Å². The third kappa shape index (κ3) is 6.72. The first kappa shape index (κ1) is 25.1. The molecule has 3 aromatic rings. The molecule has 0 aliphatic carbocycles. The number of thioether (sulfide) groups is 1. The second-order valence-electron chi connectivity index (χ2n) is 7.96. The number of carbonyl (C=O) groups is 2. The number of anilines is 1. The van der Waals surface area contributed by atoms with Gasteiger partial charge in [0.2, 0.25) is 5.91 Å². The van der Waals surface area contributed by atoms with Crippen LogP contribution in [-0.2, 0) is 11.8 Å². The van der Waals surface area contributed by atoms with Gasteiger partial charge in [-0.15, -0.1) is 10.2 Å². The quantitative estimate of drug-likeness (QED) is 0.406. The summed E-state index contributed by atoms with van der Waals surface area (Å²) >= 11 is 13.2. The maximum atomic E-state index is 12.8. The molecule has 0 aliphatic heterocycles. The second kappa shape index (κ2) is 11.0. The number of amides is 2. The van der Waals surface area contributed by atoms with E-state index in [1.165, 1.54) is 11.8 Å². The van der Waals surface area contributed by atoms with E-state index < -0.39 is 0 Å². The third-order valence-electron chi connectivity index (χ3n) is 4.86. The molecule has 0 saturated heterocycles. The number of aromatic nitrogens is 3. The van der Waals surface area contributed by atoms with Crippen molar-refractivity contribution >= 4 is 52.5 Å². The molecule has 0 saturated carbocycles. The predicted octanol–water partition coefficient (Wildman–Crippen LogP) is 5.29. The molecule has 0 spiro atoms. The van der Waals surface area contributed by atoms with Gasteiger partial charge in [0, 0.05) is 28.3 Å². The molecule has 0 aliphatic rings. The largest absolute Gasteiger partial charge is 0.342 e. The Morgan fingerprint density at radius 1 is 1.09 bits per heavy atom. The average molecular weight is 506 g/mol. The van der Waals surface area contributed by atoms with Gasteiger partial charge in [0.15, 0.2) is 11.0 Å². The summed E-state index contributed by atoms with van der Waals surface area (Å²) in [5.74, 6) is 0.425. The first-order valence-corrected chi connectivity index (χ1v) is 12.0. The molecule has 0 bridgehead atoms. The van der Waals surface area contributed by atoms with Crippen LogP contribution in [0.15, 0.2) is 47.6 Å². The maximum absolute atomic E-state index is 12.8. The van der Waals surface area contributed by atoms with Gasteiger partial charge < -0.3 is 15.2 Å². The zero-order chi connectivity index (χ0) is 24.1. The van der Waals surface area contributed by atoms with Crippen molar-refractivity contribution in [3.8, 4) is 0 Å². The monoisotopic (exact) mass is 505 g/mol. The van der Waals surface area contributed by atoms with Gasteiger partial charge in [-0.25, -0.2) is 0 Å². The van der Waals surface area contributed by atoms with E-state index >= 15 is 0 Å². The molecule has 1 heterocycles. The molecule has 2 aromatic carbocycles. The smallest absolute Gasteiger partial charge is 0.251 e. The minimum absolute atomic E-state index is 0.0791. The van der Waals surface area contributed by atoms with Gasteiger partial charge in [-0.05, 0) is 43.2 Å². The third-order valence-corrected chi connectivity index (χ3v) is 6.32. The van der Waals surface area contributed by atoms with Crippen LogP contribution in [0.25, 0.3) is 0 Å². The Kier molecular flexibility index (Phi) is 8.40. The minimum atomic E-state index is -0.340. The van der Waals surface area contributed by atoms with Gasteiger partial charge in [-0.2, -0.15) is 0 Å². The summed E-state index contributed by atoms with van der Waals surface area (Å²) in [7, 11) is 1.82. The van der Waals surface area contributed by atoms with Crippen molar-refractivity contribution in [3.05, 3.63) is 69.5 Å². The number of nitrogens with one attached hydrogen (secondary N) is 2. The topological polar surface area (TPSA) is 88.9 Å². The van der Waals surface area contributed by atoms with Crippen LogP contribution >= 0.6 is 35.0 Å². The summed E-state index contributed by atoms with van der Waals surface area (Å²) in [6.45, 7) is 5.96. The molecule has 3 rings (SSSR count). The van der Waals surface area contributed by atoms with Crippen LogP contribution in [0.2, 0.25) is 10.0 Å². The van der Waals surface area contributed by atoms with Crippen molar-refractivity contribution in [1.82, 2.24) is 20.1 Å². The molecule has 10 heteroatoms. The molecule has 2 N–H and O–H groups in total. The molecular formula is C23H25Cl2N5O2S. The summed E-state index contributed by atoms with van der Waals surface area (Å²) < 4.78 is 1.80. The Morgan fingerprint density at radius 3 is 2.42 bits per heavy atom. The highest BCUT2D eigenvalue weighted by molar-refractivity contribution is 7.99. The number of halogens is 2. The second-order valence-corrected chi connectivity index (χ2v) is 9.77. The van der Waals surface area contributed by atoms with Crippen molar-refractivity contribution in [2.24, 2.45) is 13.0 Å². The molecule has 33 heavy (non-hydrogen) atoms. The lowest BCUT2D eigenvalue weighted by molar-refractivity contribution is -0.113. The highest BCUT2D eigenvalue weighted by atomic mass is 35.5. The van der Waals surface area contributed by atoms with Crippen LogP contribution in [0.5, 0.6) is 0 Å². The number of benzene rings is 2. The highest BCUT2D eigenvalue weighted by Crippen LogP contribution is 2.26. The van der Waals surface area contributed by atoms with Gasteiger partial charge in [-0.3, -0.25) is 9.59 Å². The van der Waals surface area contributed by atoms with Crippen molar-refractivity contribution in [2.75, 3.05) is 11.1 Å². The van der Waals surface area contributed by atoms with Gasteiger partial charge in [0.1, 0.15) is 0 Å². The van der Waals surface area contributed by atoms with E-state index in [0.717, 1.165) is 5.56 Å². The molecule has 2 amide bonds. The van der Waals surface area contributed by atoms with E-state index in [0.29, 0.717) is 32.3 Å². The predicted molar refractivity (Wildman–Crippen MR) is 133 cm³/mol. The summed E-state index contributed by atoms with van der Waals surface area (Å²) in [4.78, 5) is 25.2. The van der Waals surface area contributed by atoms with Crippen molar-refractivity contribution < 1.29 is 9.59 Å². The Morgan fingerprint density at radius 2 is 1.79 bits per heavy atom. The number of rotatable bonds is 8. The van der Waals surface area contributed by atoms with E-state index in [2.05, 4.69) is 20.8 Å². The van der Waals surface area contributed by atoms with Crippen LogP contribution in [0.4, 0.5) is 5.69 Å². The SMILES string of the molecule is Cc1cccc(C(=O)N[C@H](c2nnc(SCC(=O)Nc3cc(Cl)cc(Cl)c3)n2C)C(C)C)c1. The van der Waals surface area contributed by atoms with Crippen LogP contribution in [-0.4, -0.2) is 32.3 Å². The molecule has 174 valence electrons. The zero-order valence-electron chi connectivity index (χ0n) is 18.7. The lowest BCUT2D eigenvalue weighted by Gasteiger charge is -2.21. The average Bonchev–Trinajstić information content (AvgIpc) is 3.09. The zero-order valence-corrected chi connectivity index (χ0v) is 21.1. The molecule has 0 unspecified atom stereocenters. The fourth-order valence-corrected chi connectivity index (χ4v) is 4.46. The number of hydrogen-bond donors (Lipinski definition) is 2. The fraction of sp³-hybridized carbons (Fsp3) is 0.304. The van der Waals surface area contributed by atoms with E-state index in [9.17, 15) is 9.59 Å². The first-order chi connectivity index (χ1) is 15.6. The lowest BCUT2D eigenvalue weighted by atomic mass is 10.0. The Hall–Kier alpha value is -2.55. The van der Waals surface area contributed by atoms with Crippen LogP contribution in [0.3, 0.4) is 0 Å². The van der Waals surface area contributed by atoms with E-state index in [4.69, 9.17) is 23.2 Å². The molecule has 0 fully saturated rings. The number of hydrogen-bond acceptors (Lipinski definition) is 5. The van der Waals surface area contributed by atoms with Gasteiger partial charge >= 0.3 is 0 Å². The Balaban J connectivity index is 1.67. The molecule has 1 atom stereocenters. The van der Waals surface area contributed by atoms with Crippen LogP contribution < -0.4 is 10.6 Å². The molecule has 1 aromatic heterocycles. The first-order valence-electron chi connectivity index (χ1n) is 10.3. The fourth-order valence-electron chi connectivity index (χ4n) is 3.22. The van der Waals surface area contributed by atoms with Crippen molar-refractivity contribution in [3.63, 3.8) is 0 Å². The highest BCUT2D eigenvalue weighted by Gasteiger charge is 2.25. The van der Waals surface area contributed by atoms with Gasteiger partial charge in [0.05, 0.1) is 11.8 Å². The molecule has 0 radical (unpaired) electrons. The summed E-state index contributed by atoms with van der Waals surface area (Å²) in [6.07, 6.45) is 0. The maximum Gasteiger partial charge on any atom is 0.251 e. The molecule has 7 nitrogen and oxygen atoms in total. The number of nitrogens with zero attached hydrogens (tertiary/aromatic N) is 3. The van der Waals surface area contributed by atoms with E-state index in [1.54, 1.807) is 28.8 Å². The van der Waals surface area contributed by atoms with E-state index in [-0.39, 0.29) is 29.5 Å². The Labute approximate surface area is 207 Å². The van der Waals surface area contributed by atoms with Crippen LogP contribution in [0.1, 0.15) is 41.6 Å². The summed E-state index contributed by atoms with van der Waals surface area (Å²) in [5.41, 5.74) is 2.13. The number of carbonyl (C=O) groups excluding carboxylic acids is 2. The standard InChI is InChI=1S/C23H25Cl2N5O2S/c1-13(2)20(27-22(32)15-7-5-6-14(3)8-15)21-28-29-23(30(21)4)33-12-19(31)26-18-10-16(24)9-17(25)11-18/h5-11,13,20H,12H2,1-4H3,(H,26,31)(H,27,32)/t20-/m0/s1. The van der Waals surface area contributed by atoms with Gasteiger partial charge in [-0.1, -0.05) is 66.5 Å². The Bertz CT molecular complexity index is 1150. The lowest BCUT2D eigenvalue weighted by Crippen LogP contribution is -2.33.